The first kappa shape index (κ1) is 12.7. The molecule has 4 heteroatoms. The first-order valence-electron chi connectivity index (χ1n) is 6.62. The van der Waals surface area contributed by atoms with Crippen molar-refractivity contribution in [2.45, 2.75) is 13.0 Å². The van der Waals surface area contributed by atoms with Gasteiger partial charge in [0.15, 0.2) is 0 Å². The largest absolute Gasteiger partial charge is 0.384 e. The fourth-order valence-corrected chi connectivity index (χ4v) is 2.35. The van der Waals surface area contributed by atoms with Crippen molar-refractivity contribution >= 4 is 11.6 Å². The smallest absolute Gasteiger partial charge is 0.251 e. The van der Waals surface area contributed by atoms with Crippen molar-refractivity contribution in [1.29, 1.82) is 0 Å². The van der Waals surface area contributed by atoms with Gasteiger partial charge in [0.2, 0.25) is 0 Å². The number of nitrogens with one attached hydrogen (secondary N) is 2. The summed E-state index contributed by atoms with van der Waals surface area (Å²) in [5.41, 5.74) is 4.01. The van der Waals surface area contributed by atoms with Crippen LogP contribution in [0.3, 0.4) is 0 Å². The van der Waals surface area contributed by atoms with Gasteiger partial charge in [-0.1, -0.05) is 12.1 Å². The third-order valence-corrected chi connectivity index (χ3v) is 3.44. The first-order chi connectivity index (χ1) is 9.72. The van der Waals surface area contributed by atoms with E-state index in [-0.39, 0.29) is 11.7 Å². The van der Waals surface area contributed by atoms with Gasteiger partial charge in [-0.25, -0.2) is 4.39 Å². The Morgan fingerprint density at radius 3 is 2.80 bits per heavy atom. The lowest BCUT2D eigenvalue weighted by atomic mass is 10.1. The SMILES string of the molecule is O=C(NCc1ccc2c(c1)CCN2)c1ccc(F)cc1. The topological polar surface area (TPSA) is 41.1 Å². The van der Waals surface area contributed by atoms with Gasteiger partial charge in [0.25, 0.3) is 5.91 Å². The molecule has 0 spiro atoms. The van der Waals surface area contributed by atoms with E-state index in [1.165, 1.54) is 35.5 Å². The monoisotopic (exact) mass is 270 g/mol. The molecule has 1 aliphatic rings. The molecule has 1 amide bonds. The van der Waals surface area contributed by atoms with Crippen LogP contribution in [0.2, 0.25) is 0 Å². The van der Waals surface area contributed by atoms with E-state index in [4.69, 9.17) is 0 Å². The number of carbonyl (C=O) groups is 1. The maximum Gasteiger partial charge on any atom is 0.251 e. The van der Waals surface area contributed by atoms with E-state index in [0.29, 0.717) is 12.1 Å². The summed E-state index contributed by atoms with van der Waals surface area (Å²) in [6, 6.07) is 11.7. The summed E-state index contributed by atoms with van der Waals surface area (Å²) in [4.78, 5) is 11.9. The minimum absolute atomic E-state index is 0.191. The second-order valence-electron chi connectivity index (χ2n) is 4.86. The summed E-state index contributed by atoms with van der Waals surface area (Å²) < 4.78 is 12.8. The molecule has 0 aromatic heterocycles. The standard InChI is InChI=1S/C16H15FN2O/c17-14-4-2-12(3-5-14)16(20)19-10-11-1-6-15-13(9-11)7-8-18-15/h1-6,9,18H,7-8,10H2,(H,19,20). The van der Waals surface area contributed by atoms with E-state index >= 15 is 0 Å². The van der Waals surface area contributed by atoms with E-state index < -0.39 is 0 Å². The molecule has 102 valence electrons. The predicted octanol–water partition coefficient (Wildman–Crippen LogP) is 2.72. The minimum atomic E-state index is -0.340. The highest BCUT2D eigenvalue weighted by Crippen LogP contribution is 2.22. The van der Waals surface area contributed by atoms with Crippen molar-refractivity contribution in [3.8, 4) is 0 Å². The fourth-order valence-electron chi connectivity index (χ4n) is 2.35. The maximum atomic E-state index is 12.8. The Balaban J connectivity index is 1.64. The van der Waals surface area contributed by atoms with Crippen LogP contribution in [-0.2, 0) is 13.0 Å². The highest BCUT2D eigenvalue weighted by molar-refractivity contribution is 5.94. The molecule has 0 saturated carbocycles. The number of amides is 1. The van der Waals surface area contributed by atoms with Crippen LogP contribution < -0.4 is 10.6 Å². The number of halogens is 1. The Hall–Kier alpha value is -2.36. The first-order valence-corrected chi connectivity index (χ1v) is 6.62. The fraction of sp³-hybridized carbons (Fsp3) is 0.188. The Bertz CT molecular complexity index is 637. The van der Waals surface area contributed by atoms with Gasteiger partial charge >= 0.3 is 0 Å². The zero-order valence-electron chi connectivity index (χ0n) is 10.9. The van der Waals surface area contributed by atoms with Crippen molar-refractivity contribution in [3.63, 3.8) is 0 Å². The number of hydrogen-bond acceptors (Lipinski definition) is 2. The number of anilines is 1. The summed E-state index contributed by atoms with van der Waals surface area (Å²) in [6.45, 7) is 1.45. The Kier molecular flexibility index (Phi) is 3.37. The van der Waals surface area contributed by atoms with Crippen LogP contribution in [0, 0.1) is 5.82 Å². The van der Waals surface area contributed by atoms with E-state index in [1.54, 1.807) is 0 Å². The molecule has 0 aliphatic carbocycles. The van der Waals surface area contributed by atoms with Crippen molar-refractivity contribution in [2.24, 2.45) is 0 Å². The molecule has 0 fully saturated rings. The average Bonchev–Trinajstić information content (AvgIpc) is 2.93. The van der Waals surface area contributed by atoms with Crippen LogP contribution in [0.4, 0.5) is 10.1 Å². The van der Waals surface area contributed by atoms with Crippen LogP contribution in [0.1, 0.15) is 21.5 Å². The molecule has 0 bridgehead atoms. The normalized spacial score (nSPS) is 12.7. The van der Waals surface area contributed by atoms with Gasteiger partial charge in [-0.05, 0) is 47.9 Å². The van der Waals surface area contributed by atoms with Gasteiger partial charge in [0, 0.05) is 24.3 Å². The zero-order chi connectivity index (χ0) is 13.9. The highest BCUT2D eigenvalue weighted by Gasteiger charge is 2.10. The van der Waals surface area contributed by atoms with Gasteiger partial charge in [-0.3, -0.25) is 4.79 Å². The summed E-state index contributed by atoms with van der Waals surface area (Å²) in [6.07, 6.45) is 1.02. The van der Waals surface area contributed by atoms with Crippen LogP contribution in [0.15, 0.2) is 42.5 Å². The lowest BCUT2D eigenvalue weighted by Crippen LogP contribution is -2.22. The molecule has 3 nitrogen and oxygen atoms in total. The number of benzene rings is 2. The van der Waals surface area contributed by atoms with Gasteiger partial charge in [0.05, 0.1) is 0 Å². The maximum absolute atomic E-state index is 12.8. The molecule has 0 radical (unpaired) electrons. The van der Waals surface area contributed by atoms with E-state index in [1.807, 2.05) is 12.1 Å². The number of carbonyl (C=O) groups excluding carboxylic acids is 1. The molecular weight excluding hydrogens is 255 g/mol. The Morgan fingerprint density at radius 2 is 2.00 bits per heavy atom. The number of hydrogen-bond donors (Lipinski definition) is 2. The molecule has 1 heterocycles. The van der Waals surface area contributed by atoms with Crippen molar-refractivity contribution in [2.75, 3.05) is 11.9 Å². The molecule has 20 heavy (non-hydrogen) atoms. The summed E-state index contributed by atoms with van der Waals surface area (Å²) in [5, 5.41) is 6.14. The van der Waals surface area contributed by atoms with Crippen molar-refractivity contribution in [3.05, 3.63) is 65.0 Å². The lowest BCUT2D eigenvalue weighted by molar-refractivity contribution is 0.0951. The zero-order valence-corrected chi connectivity index (χ0v) is 10.9. The van der Waals surface area contributed by atoms with Crippen LogP contribution in [0.5, 0.6) is 0 Å². The van der Waals surface area contributed by atoms with Crippen molar-refractivity contribution < 1.29 is 9.18 Å². The third kappa shape index (κ3) is 2.64. The van der Waals surface area contributed by atoms with Crippen LogP contribution in [-0.4, -0.2) is 12.5 Å². The molecule has 3 rings (SSSR count). The molecule has 2 N–H and O–H groups in total. The lowest BCUT2D eigenvalue weighted by Gasteiger charge is -2.07. The quantitative estimate of drug-likeness (QED) is 0.900. The highest BCUT2D eigenvalue weighted by atomic mass is 19.1. The van der Waals surface area contributed by atoms with Crippen LogP contribution in [0.25, 0.3) is 0 Å². The van der Waals surface area contributed by atoms with Gasteiger partial charge in [0.1, 0.15) is 5.82 Å². The number of fused-ring (bicyclic) bond motifs is 1. The molecule has 0 unspecified atom stereocenters. The molecule has 2 aromatic rings. The Labute approximate surface area is 116 Å². The Morgan fingerprint density at radius 1 is 1.20 bits per heavy atom. The molecular formula is C16H15FN2O. The molecule has 0 atom stereocenters. The summed E-state index contributed by atoms with van der Waals surface area (Å²) >= 11 is 0. The van der Waals surface area contributed by atoms with E-state index in [9.17, 15) is 9.18 Å². The van der Waals surface area contributed by atoms with Gasteiger partial charge in [-0.2, -0.15) is 0 Å². The third-order valence-electron chi connectivity index (χ3n) is 3.44. The molecule has 1 aliphatic heterocycles. The number of rotatable bonds is 3. The summed E-state index contributed by atoms with van der Waals surface area (Å²) in [7, 11) is 0. The predicted molar refractivity (Wildman–Crippen MR) is 76.2 cm³/mol. The second-order valence-corrected chi connectivity index (χ2v) is 4.86. The van der Waals surface area contributed by atoms with Crippen molar-refractivity contribution in [1.82, 2.24) is 5.32 Å². The van der Waals surface area contributed by atoms with Gasteiger partial charge in [-0.15, -0.1) is 0 Å². The minimum Gasteiger partial charge on any atom is -0.384 e. The van der Waals surface area contributed by atoms with E-state index in [0.717, 1.165) is 18.5 Å². The molecule has 0 saturated heterocycles. The van der Waals surface area contributed by atoms with E-state index in [2.05, 4.69) is 16.7 Å². The molecule has 2 aromatic carbocycles. The summed E-state index contributed by atoms with van der Waals surface area (Å²) in [5.74, 6) is -0.531. The van der Waals surface area contributed by atoms with Crippen LogP contribution >= 0.6 is 0 Å². The average molecular weight is 270 g/mol. The van der Waals surface area contributed by atoms with Gasteiger partial charge < -0.3 is 10.6 Å². The second kappa shape index (κ2) is 5.33.